The molecule has 1 N–H and O–H groups in total. The number of piperazine rings is 1. The molecule has 2 unspecified atom stereocenters. The standard InChI is InChI=1S/C17H32N4/c1-6-17(4)13-21(16(11-18-17)9-14(2)3)8-7-15-10-19-20(5)12-15/h10,12,14,16,18H,6-9,11,13H2,1-5H3. The fourth-order valence-corrected chi connectivity index (χ4v) is 3.28. The first kappa shape index (κ1) is 16.5. The highest BCUT2D eigenvalue weighted by Gasteiger charge is 2.34. The SMILES string of the molecule is CCC1(C)CN(CCc2cnn(C)c2)C(CC(C)C)CN1. The lowest BCUT2D eigenvalue weighted by molar-refractivity contribution is 0.0739. The van der Waals surface area contributed by atoms with Gasteiger partial charge in [0.25, 0.3) is 0 Å². The number of rotatable bonds is 6. The van der Waals surface area contributed by atoms with Gasteiger partial charge in [-0.3, -0.25) is 9.58 Å². The average molecular weight is 292 g/mol. The van der Waals surface area contributed by atoms with Gasteiger partial charge in [-0.05, 0) is 37.7 Å². The van der Waals surface area contributed by atoms with Crippen molar-refractivity contribution in [1.82, 2.24) is 20.0 Å². The fraction of sp³-hybridized carbons (Fsp3) is 0.824. The van der Waals surface area contributed by atoms with E-state index in [1.807, 2.05) is 17.9 Å². The molecule has 4 nitrogen and oxygen atoms in total. The van der Waals surface area contributed by atoms with Crippen molar-refractivity contribution in [3.8, 4) is 0 Å². The first-order chi connectivity index (χ1) is 9.92. The second-order valence-electron chi connectivity index (χ2n) is 7.32. The lowest BCUT2D eigenvalue weighted by Crippen LogP contribution is -2.63. The zero-order chi connectivity index (χ0) is 15.5. The van der Waals surface area contributed by atoms with Crippen LogP contribution in [0.4, 0.5) is 0 Å². The average Bonchev–Trinajstić information content (AvgIpc) is 2.84. The van der Waals surface area contributed by atoms with Crippen molar-refractivity contribution in [3.05, 3.63) is 18.0 Å². The minimum absolute atomic E-state index is 0.266. The van der Waals surface area contributed by atoms with Crippen molar-refractivity contribution in [2.75, 3.05) is 19.6 Å². The Balaban J connectivity index is 1.98. The Morgan fingerprint density at radius 2 is 2.24 bits per heavy atom. The van der Waals surface area contributed by atoms with Gasteiger partial charge in [-0.25, -0.2) is 0 Å². The number of nitrogens with one attached hydrogen (secondary N) is 1. The van der Waals surface area contributed by atoms with E-state index in [1.165, 1.54) is 18.4 Å². The Morgan fingerprint density at radius 3 is 2.81 bits per heavy atom. The van der Waals surface area contributed by atoms with Crippen LogP contribution in [0.5, 0.6) is 0 Å². The molecule has 0 aliphatic carbocycles. The van der Waals surface area contributed by atoms with Crippen LogP contribution in [0.25, 0.3) is 0 Å². The van der Waals surface area contributed by atoms with Crippen LogP contribution in [-0.2, 0) is 13.5 Å². The number of aromatic nitrogens is 2. The number of nitrogens with zero attached hydrogens (tertiary/aromatic N) is 3. The van der Waals surface area contributed by atoms with E-state index in [0.717, 1.165) is 32.0 Å². The molecule has 0 spiro atoms. The Bertz CT molecular complexity index is 440. The van der Waals surface area contributed by atoms with Crippen LogP contribution < -0.4 is 5.32 Å². The maximum atomic E-state index is 4.28. The predicted molar refractivity (Wildman–Crippen MR) is 88.4 cm³/mol. The fourth-order valence-electron chi connectivity index (χ4n) is 3.28. The molecule has 0 aromatic carbocycles. The highest BCUT2D eigenvalue weighted by molar-refractivity contribution is 5.05. The molecule has 0 radical (unpaired) electrons. The first-order valence-corrected chi connectivity index (χ1v) is 8.38. The van der Waals surface area contributed by atoms with Gasteiger partial charge in [-0.15, -0.1) is 0 Å². The topological polar surface area (TPSA) is 33.1 Å². The third-order valence-electron chi connectivity index (χ3n) is 4.80. The second-order valence-corrected chi connectivity index (χ2v) is 7.32. The van der Waals surface area contributed by atoms with Gasteiger partial charge in [0.05, 0.1) is 6.20 Å². The predicted octanol–water partition coefficient (Wildman–Crippen LogP) is 2.45. The third kappa shape index (κ3) is 4.55. The smallest absolute Gasteiger partial charge is 0.0522 e. The van der Waals surface area contributed by atoms with E-state index in [9.17, 15) is 0 Å². The van der Waals surface area contributed by atoms with E-state index in [0.29, 0.717) is 6.04 Å². The maximum Gasteiger partial charge on any atom is 0.0522 e. The van der Waals surface area contributed by atoms with Crippen molar-refractivity contribution < 1.29 is 0 Å². The van der Waals surface area contributed by atoms with Gasteiger partial charge < -0.3 is 5.32 Å². The van der Waals surface area contributed by atoms with Crippen molar-refractivity contribution in [3.63, 3.8) is 0 Å². The van der Waals surface area contributed by atoms with Crippen LogP contribution in [-0.4, -0.2) is 45.9 Å². The van der Waals surface area contributed by atoms with Crippen LogP contribution in [0.15, 0.2) is 12.4 Å². The summed E-state index contributed by atoms with van der Waals surface area (Å²) in [4.78, 5) is 2.70. The van der Waals surface area contributed by atoms with E-state index in [-0.39, 0.29) is 5.54 Å². The number of hydrogen-bond acceptors (Lipinski definition) is 3. The molecule has 0 amide bonds. The molecule has 1 aromatic heterocycles. The normalized spacial score (nSPS) is 27.4. The molecule has 1 aliphatic heterocycles. The van der Waals surface area contributed by atoms with Crippen LogP contribution in [0.2, 0.25) is 0 Å². The Hall–Kier alpha value is -0.870. The van der Waals surface area contributed by atoms with Crippen molar-refractivity contribution in [2.45, 2.75) is 58.5 Å². The molecule has 120 valence electrons. The van der Waals surface area contributed by atoms with Gasteiger partial charge in [-0.1, -0.05) is 20.8 Å². The Labute approximate surface area is 129 Å². The summed E-state index contributed by atoms with van der Waals surface area (Å²) in [6.07, 6.45) is 7.70. The van der Waals surface area contributed by atoms with E-state index in [4.69, 9.17) is 0 Å². The number of hydrogen-bond donors (Lipinski definition) is 1. The summed E-state index contributed by atoms with van der Waals surface area (Å²) in [5, 5.41) is 8.05. The van der Waals surface area contributed by atoms with Crippen molar-refractivity contribution in [2.24, 2.45) is 13.0 Å². The van der Waals surface area contributed by atoms with Crippen LogP contribution in [0, 0.1) is 5.92 Å². The molecule has 2 atom stereocenters. The van der Waals surface area contributed by atoms with Crippen molar-refractivity contribution in [1.29, 1.82) is 0 Å². The van der Waals surface area contributed by atoms with Crippen molar-refractivity contribution >= 4 is 0 Å². The highest BCUT2D eigenvalue weighted by atomic mass is 15.3. The van der Waals surface area contributed by atoms with Gasteiger partial charge in [-0.2, -0.15) is 5.10 Å². The van der Waals surface area contributed by atoms with E-state index in [2.05, 4.69) is 49.2 Å². The molecular weight excluding hydrogens is 260 g/mol. The van der Waals surface area contributed by atoms with E-state index < -0.39 is 0 Å². The molecule has 21 heavy (non-hydrogen) atoms. The van der Waals surface area contributed by atoms with Crippen LogP contribution in [0.3, 0.4) is 0 Å². The minimum atomic E-state index is 0.266. The monoisotopic (exact) mass is 292 g/mol. The Morgan fingerprint density at radius 1 is 1.48 bits per heavy atom. The van der Waals surface area contributed by atoms with Crippen LogP contribution in [0.1, 0.15) is 46.1 Å². The summed E-state index contributed by atoms with van der Waals surface area (Å²) in [6, 6.07) is 0.668. The zero-order valence-electron chi connectivity index (χ0n) is 14.4. The van der Waals surface area contributed by atoms with Gasteiger partial charge in [0.1, 0.15) is 0 Å². The highest BCUT2D eigenvalue weighted by Crippen LogP contribution is 2.22. The molecule has 1 aliphatic rings. The van der Waals surface area contributed by atoms with Gasteiger partial charge >= 0.3 is 0 Å². The zero-order valence-corrected chi connectivity index (χ0v) is 14.4. The largest absolute Gasteiger partial charge is 0.309 e. The summed E-state index contributed by atoms with van der Waals surface area (Å²) in [6.45, 7) is 12.7. The molecule has 4 heteroatoms. The van der Waals surface area contributed by atoms with E-state index >= 15 is 0 Å². The van der Waals surface area contributed by atoms with Gasteiger partial charge in [0.2, 0.25) is 0 Å². The molecule has 0 bridgehead atoms. The Kier molecular flexibility index (Phi) is 5.44. The van der Waals surface area contributed by atoms with Crippen LogP contribution >= 0.6 is 0 Å². The third-order valence-corrected chi connectivity index (χ3v) is 4.80. The number of aryl methyl sites for hydroxylation is 1. The molecule has 0 saturated carbocycles. The minimum Gasteiger partial charge on any atom is -0.309 e. The lowest BCUT2D eigenvalue weighted by atomic mass is 9.90. The molecule has 2 heterocycles. The first-order valence-electron chi connectivity index (χ1n) is 8.38. The molecule has 1 fully saturated rings. The summed E-state index contributed by atoms with van der Waals surface area (Å²) < 4.78 is 1.90. The molecule has 1 aromatic rings. The summed E-state index contributed by atoms with van der Waals surface area (Å²) >= 11 is 0. The van der Waals surface area contributed by atoms with Gasteiger partial charge in [0, 0.05) is 44.5 Å². The molecular formula is C17H32N4. The summed E-state index contributed by atoms with van der Waals surface area (Å²) in [5.41, 5.74) is 1.61. The molecule has 1 saturated heterocycles. The molecule has 2 rings (SSSR count). The lowest BCUT2D eigenvalue weighted by Gasteiger charge is -2.46. The second kappa shape index (κ2) is 6.93. The summed E-state index contributed by atoms with van der Waals surface area (Å²) in [7, 11) is 1.99. The maximum absolute atomic E-state index is 4.28. The summed E-state index contributed by atoms with van der Waals surface area (Å²) in [5.74, 6) is 0.753. The quantitative estimate of drug-likeness (QED) is 0.874. The van der Waals surface area contributed by atoms with Gasteiger partial charge in [0.15, 0.2) is 0 Å². The van der Waals surface area contributed by atoms with E-state index in [1.54, 1.807) is 0 Å².